The minimum absolute atomic E-state index is 0.607. The lowest BCUT2D eigenvalue weighted by Gasteiger charge is -2.34. The van der Waals surface area contributed by atoms with Crippen molar-refractivity contribution in [1.29, 1.82) is 0 Å². The maximum Gasteiger partial charge on any atom is 0.211 e. The first-order valence-corrected chi connectivity index (χ1v) is 9.70. The molecule has 8 nitrogen and oxygen atoms in total. The van der Waals surface area contributed by atoms with E-state index in [9.17, 15) is 0 Å². The fourth-order valence-corrected chi connectivity index (χ4v) is 3.80. The number of nitrogens with two attached hydrogens (primary N) is 1. The van der Waals surface area contributed by atoms with Crippen LogP contribution in [0, 0.1) is 0 Å². The summed E-state index contributed by atoms with van der Waals surface area (Å²) in [5, 5.41) is 14.3. The number of imidazole rings is 1. The Kier molecular flexibility index (Phi) is 3.33. The Balaban J connectivity index is 1.42. The van der Waals surface area contributed by atoms with Crippen LogP contribution in [-0.2, 0) is 5.79 Å². The smallest absolute Gasteiger partial charge is 0.211 e. The minimum Gasteiger partial charge on any atom is -0.345 e. The Morgan fingerprint density at radius 1 is 1.10 bits per heavy atom. The van der Waals surface area contributed by atoms with E-state index in [0.29, 0.717) is 11.8 Å². The van der Waals surface area contributed by atoms with Gasteiger partial charge in [-0.1, -0.05) is 18.2 Å². The molecule has 0 radical (unpaired) electrons. The molecule has 0 spiro atoms. The van der Waals surface area contributed by atoms with E-state index < -0.39 is 5.79 Å². The van der Waals surface area contributed by atoms with E-state index >= 15 is 0 Å². The van der Waals surface area contributed by atoms with Gasteiger partial charge in [0, 0.05) is 34.5 Å². The third-order valence-corrected chi connectivity index (χ3v) is 5.52. The summed E-state index contributed by atoms with van der Waals surface area (Å²) in [5.74, 6) is 0.912. The van der Waals surface area contributed by atoms with E-state index in [1.807, 2.05) is 42.5 Å². The molecule has 3 heterocycles. The van der Waals surface area contributed by atoms with Crippen molar-refractivity contribution in [1.82, 2.24) is 20.2 Å². The first-order chi connectivity index (χ1) is 14.2. The second-order valence-electron chi connectivity index (χ2n) is 7.64. The van der Waals surface area contributed by atoms with Gasteiger partial charge in [0.05, 0.1) is 17.4 Å². The highest BCUT2D eigenvalue weighted by molar-refractivity contribution is 6.12. The highest BCUT2D eigenvalue weighted by Crippen LogP contribution is 2.39. The molecule has 4 aromatic rings. The number of nitrogens with one attached hydrogen (secondary N) is 4. The average Bonchev–Trinajstić information content (AvgIpc) is 3.29. The summed E-state index contributed by atoms with van der Waals surface area (Å²) in [6.45, 7) is 0. The van der Waals surface area contributed by atoms with Crippen LogP contribution in [0.3, 0.4) is 0 Å². The Morgan fingerprint density at radius 3 is 2.90 bits per heavy atom. The van der Waals surface area contributed by atoms with Crippen molar-refractivity contribution in [2.45, 2.75) is 24.5 Å². The van der Waals surface area contributed by atoms with Gasteiger partial charge in [-0.15, -0.1) is 0 Å². The molecule has 1 aliphatic heterocycles. The van der Waals surface area contributed by atoms with Crippen molar-refractivity contribution in [3.8, 4) is 0 Å². The van der Waals surface area contributed by atoms with Crippen molar-refractivity contribution in [2.24, 2.45) is 10.7 Å². The molecule has 1 unspecified atom stereocenters. The molecule has 8 heteroatoms. The summed E-state index contributed by atoms with van der Waals surface area (Å²) in [7, 11) is 0. The molecule has 6 rings (SSSR count). The Labute approximate surface area is 166 Å². The van der Waals surface area contributed by atoms with E-state index in [2.05, 4.69) is 36.9 Å². The van der Waals surface area contributed by atoms with Crippen molar-refractivity contribution in [2.75, 3.05) is 10.6 Å². The number of rotatable bonds is 3. The third kappa shape index (κ3) is 2.76. The summed E-state index contributed by atoms with van der Waals surface area (Å²) in [5.41, 5.74) is 12.4. The van der Waals surface area contributed by atoms with Crippen LogP contribution in [0.1, 0.15) is 35.6 Å². The number of aromatic amines is 2. The molecule has 0 amide bonds. The third-order valence-electron chi connectivity index (χ3n) is 5.52. The van der Waals surface area contributed by atoms with E-state index in [1.165, 1.54) is 18.5 Å². The summed E-state index contributed by atoms with van der Waals surface area (Å²) in [6.07, 6.45) is 4.11. The van der Waals surface area contributed by atoms with Gasteiger partial charge in [0.2, 0.25) is 5.79 Å². The lowest BCUT2D eigenvalue weighted by molar-refractivity contribution is 0.539. The first kappa shape index (κ1) is 16.3. The zero-order valence-corrected chi connectivity index (χ0v) is 15.6. The van der Waals surface area contributed by atoms with Gasteiger partial charge in [-0.3, -0.25) is 10.8 Å². The second kappa shape index (κ2) is 5.92. The average molecular weight is 384 g/mol. The van der Waals surface area contributed by atoms with Gasteiger partial charge in [-0.05, 0) is 37.1 Å². The molecular weight excluding hydrogens is 364 g/mol. The summed E-state index contributed by atoms with van der Waals surface area (Å²) >= 11 is 0. The molecule has 29 heavy (non-hydrogen) atoms. The van der Waals surface area contributed by atoms with Crippen molar-refractivity contribution < 1.29 is 0 Å². The Bertz CT molecular complexity index is 1250. The minimum atomic E-state index is -1.12. The van der Waals surface area contributed by atoms with Crippen LogP contribution in [0.4, 0.5) is 11.5 Å². The summed E-state index contributed by atoms with van der Waals surface area (Å²) in [6, 6.07) is 15.9. The lowest BCUT2D eigenvalue weighted by Crippen LogP contribution is -2.47. The topological polar surface area (TPSA) is 120 Å². The molecule has 0 bridgehead atoms. The maximum atomic E-state index is 6.76. The van der Waals surface area contributed by atoms with Crippen LogP contribution in [0.2, 0.25) is 0 Å². The van der Waals surface area contributed by atoms with Crippen LogP contribution < -0.4 is 16.4 Å². The Morgan fingerprint density at radius 2 is 2.00 bits per heavy atom. The maximum absolute atomic E-state index is 6.76. The van der Waals surface area contributed by atoms with Crippen molar-refractivity contribution in [3.05, 3.63) is 71.7 Å². The van der Waals surface area contributed by atoms with Crippen molar-refractivity contribution in [3.63, 3.8) is 0 Å². The fraction of sp³-hybridized carbons (Fsp3) is 0.190. The molecule has 1 atom stereocenters. The number of amidine groups is 1. The molecule has 2 aliphatic rings. The van der Waals surface area contributed by atoms with E-state index in [4.69, 9.17) is 10.7 Å². The van der Waals surface area contributed by atoms with Crippen LogP contribution in [0.5, 0.6) is 0 Å². The van der Waals surface area contributed by atoms with E-state index in [0.717, 1.165) is 33.7 Å². The monoisotopic (exact) mass is 384 g/mol. The lowest BCUT2D eigenvalue weighted by atomic mass is 10.0. The number of hydrogen-bond acceptors (Lipinski definition) is 6. The highest BCUT2D eigenvalue weighted by atomic mass is 15.3. The predicted molar refractivity (Wildman–Crippen MR) is 113 cm³/mol. The molecule has 6 N–H and O–H groups in total. The number of fused-ring (bicyclic) bond motifs is 2. The number of para-hydroxylation sites is 1. The number of hydrogen-bond donors (Lipinski definition) is 5. The summed E-state index contributed by atoms with van der Waals surface area (Å²) in [4.78, 5) is 12.3. The quantitative estimate of drug-likeness (QED) is 0.371. The molecular formula is C21H20N8. The largest absolute Gasteiger partial charge is 0.345 e. The van der Waals surface area contributed by atoms with Crippen molar-refractivity contribution >= 4 is 28.4 Å². The molecule has 1 saturated carbocycles. The van der Waals surface area contributed by atoms with Gasteiger partial charge in [0.25, 0.3) is 0 Å². The normalized spacial score (nSPS) is 20.8. The number of benzene rings is 2. The molecule has 0 saturated heterocycles. The molecule has 1 aliphatic carbocycles. The van der Waals surface area contributed by atoms with Gasteiger partial charge in [-0.25, -0.2) is 9.98 Å². The number of aliphatic imine (C=N–C) groups is 1. The van der Waals surface area contributed by atoms with Crippen LogP contribution in [0.25, 0.3) is 11.0 Å². The van der Waals surface area contributed by atoms with Gasteiger partial charge < -0.3 is 15.6 Å². The summed E-state index contributed by atoms with van der Waals surface area (Å²) < 4.78 is 0. The zero-order valence-electron chi connectivity index (χ0n) is 15.6. The van der Waals surface area contributed by atoms with Crippen LogP contribution >= 0.6 is 0 Å². The first-order valence-electron chi connectivity index (χ1n) is 9.70. The number of anilines is 2. The van der Waals surface area contributed by atoms with Crippen LogP contribution in [0.15, 0.2) is 59.9 Å². The van der Waals surface area contributed by atoms with Gasteiger partial charge in [-0.2, -0.15) is 5.10 Å². The standard InChI is InChI=1S/C21H20N8/c22-21(13-7-8-16-18(9-13)24-11-23-16)26-15-4-2-1-3-14(15)20(27-21)25-19-10-17(28-29-19)12-5-6-12/h1-4,7-12,26H,5-6,22H2,(H,23,24)(H2,25,27,28,29). The Hall–Kier alpha value is -3.65. The van der Waals surface area contributed by atoms with Gasteiger partial charge >= 0.3 is 0 Å². The van der Waals surface area contributed by atoms with Gasteiger partial charge in [0.15, 0.2) is 5.82 Å². The van der Waals surface area contributed by atoms with E-state index in [-0.39, 0.29) is 0 Å². The van der Waals surface area contributed by atoms with E-state index in [1.54, 1.807) is 6.33 Å². The number of aromatic nitrogens is 4. The molecule has 1 fully saturated rings. The second-order valence-corrected chi connectivity index (χ2v) is 7.64. The predicted octanol–water partition coefficient (Wildman–Crippen LogP) is 3.22. The molecule has 144 valence electrons. The molecule has 2 aromatic carbocycles. The fourth-order valence-electron chi connectivity index (χ4n) is 3.80. The SMILES string of the molecule is NC1(c2ccc3nc[nH]c3c2)N=C(Nc2cc(C3CC3)[nH]n2)c2ccccc2N1. The van der Waals surface area contributed by atoms with Gasteiger partial charge in [0.1, 0.15) is 5.84 Å². The number of H-pyrrole nitrogens is 2. The molecule has 2 aromatic heterocycles. The highest BCUT2D eigenvalue weighted by Gasteiger charge is 2.33. The van der Waals surface area contributed by atoms with Crippen LogP contribution in [-0.4, -0.2) is 26.0 Å². The number of nitrogens with zero attached hydrogens (tertiary/aromatic N) is 3. The zero-order chi connectivity index (χ0) is 19.4.